The molecule has 94 valence electrons. The fraction of sp³-hybridized carbons (Fsp3) is 0.455. The van der Waals surface area contributed by atoms with Gasteiger partial charge in [0.25, 0.3) is 5.69 Å². The van der Waals surface area contributed by atoms with Gasteiger partial charge in [-0.1, -0.05) is 25.4 Å². The van der Waals surface area contributed by atoms with E-state index in [9.17, 15) is 10.1 Å². The molecule has 1 N–H and O–H groups in total. The SMILES string of the molecule is CC(C)NCCOc1ccc([N+](=O)[O-])cc1Cl. The van der Waals surface area contributed by atoms with Gasteiger partial charge >= 0.3 is 0 Å². The van der Waals surface area contributed by atoms with Crippen LogP contribution in [0.3, 0.4) is 0 Å². The summed E-state index contributed by atoms with van der Waals surface area (Å²) in [5.41, 5.74) is -0.0392. The number of nitro benzene ring substituents is 1. The lowest BCUT2D eigenvalue weighted by molar-refractivity contribution is -0.384. The van der Waals surface area contributed by atoms with E-state index in [4.69, 9.17) is 16.3 Å². The molecular weight excluding hydrogens is 244 g/mol. The van der Waals surface area contributed by atoms with Gasteiger partial charge < -0.3 is 10.1 Å². The minimum Gasteiger partial charge on any atom is -0.491 e. The van der Waals surface area contributed by atoms with Crippen molar-refractivity contribution < 1.29 is 9.66 Å². The van der Waals surface area contributed by atoms with Gasteiger partial charge in [-0.05, 0) is 6.07 Å². The van der Waals surface area contributed by atoms with Crippen molar-refractivity contribution >= 4 is 17.3 Å². The first-order valence-corrected chi connectivity index (χ1v) is 5.68. The fourth-order valence-corrected chi connectivity index (χ4v) is 1.46. The zero-order chi connectivity index (χ0) is 12.8. The Morgan fingerprint density at radius 3 is 2.76 bits per heavy atom. The smallest absolute Gasteiger partial charge is 0.271 e. The standard InChI is InChI=1S/C11H15ClN2O3/c1-8(2)13-5-6-17-11-4-3-9(14(15)16)7-10(11)12/h3-4,7-8,13H,5-6H2,1-2H3. The van der Waals surface area contributed by atoms with Crippen molar-refractivity contribution in [2.45, 2.75) is 19.9 Å². The second-order valence-electron chi connectivity index (χ2n) is 3.83. The average Bonchev–Trinajstić information content (AvgIpc) is 2.25. The van der Waals surface area contributed by atoms with Crippen molar-refractivity contribution in [3.63, 3.8) is 0 Å². The number of ether oxygens (including phenoxy) is 1. The highest BCUT2D eigenvalue weighted by Gasteiger charge is 2.09. The zero-order valence-corrected chi connectivity index (χ0v) is 10.5. The molecule has 6 heteroatoms. The first-order chi connectivity index (χ1) is 8.00. The highest BCUT2D eigenvalue weighted by Crippen LogP contribution is 2.28. The van der Waals surface area contributed by atoms with Crippen molar-refractivity contribution in [1.82, 2.24) is 5.32 Å². The molecule has 0 bridgehead atoms. The van der Waals surface area contributed by atoms with E-state index in [0.29, 0.717) is 24.9 Å². The summed E-state index contributed by atoms with van der Waals surface area (Å²) in [5, 5.41) is 13.9. The molecule has 5 nitrogen and oxygen atoms in total. The van der Waals surface area contributed by atoms with Gasteiger partial charge in [0.05, 0.1) is 9.95 Å². The van der Waals surface area contributed by atoms with Crippen LogP contribution in [0.25, 0.3) is 0 Å². The first kappa shape index (κ1) is 13.7. The lowest BCUT2D eigenvalue weighted by atomic mass is 10.3. The summed E-state index contributed by atoms with van der Waals surface area (Å²) in [5.74, 6) is 0.461. The summed E-state index contributed by atoms with van der Waals surface area (Å²) in [4.78, 5) is 10.0. The van der Waals surface area contributed by atoms with Gasteiger partial charge in [-0.2, -0.15) is 0 Å². The largest absolute Gasteiger partial charge is 0.491 e. The summed E-state index contributed by atoms with van der Waals surface area (Å²) in [6.45, 7) is 5.25. The van der Waals surface area contributed by atoms with Crippen LogP contribution in [-0.4, -0.2) is 24.1 Å². The average molecular weight is 259 g/mol. The number of halogens is 1. The maximum Gasteiger partial charge on any atom is 0.271 e. The highest BCUT2D eigenvalue weighted by atomic mass is 35.5. The molecule has 0 aliphatic heterocycles. The highest BCUT2D eigenvalue weighted by molar-refractivity contribution is 6.32. The molecule has 1 aromatic rings. The molecule has 0 aromatic heterocycles. The van der Waals surface area contributed by atoms with Gasteiger partial charge in [0.1, 0.15) is 12.4 Å². The number of benzene rings is 1. The summed E-state index contributed by atoms with van der Waals surface area (Å²) in [6, 6.07) is 4.56. The van der Waals surface area contributed by atoms with Gasteiger partial charge in [-0.3, -0.25) is 10.1 Å². The van der Waals surface area contributed by atoms with E-state index in [1.807, 2.05) is 13.8 Å². The molecule has 0 spiro atoms. The Hall–Kier alpha value is -1.33. The van der Waals surface area contributed by atoms with Crippen molar-refractivity contribution in [3.8, 4) is 5.75 Å². The van der Waals surface area contributed by atoms with Crippen molar-refractivity contribution in [2.75, 3.05) is 13.2 Å². The number of nitrogens with zero attached hydrogens (tertiary/aromatic N) is 1. The lowest BCUT2D eigenvalue weighted by Crippen LogP contribution is -2.27. The first-order valence-electron chi connectivity index (χ1n) is 5.31. The van der Waals surface area contributed by atoms with Crippen LogP contribution < -0.4 is 10.1 Å². The molecule has 0 aliphatic rings. The van der Waals surface area contributed by atoms with Crippen LogP contribution in [0, 0.1) is 10.1 Å². The predicted octanol–water partition coefficient (Wildman–Crippen LogP) is 2.63. The van der Waals surface area contributed by atoms with E-state index in [2.05, 4.69) is 5.32 Å². The molecule has 1 rings (SSSR count). The molecule has 17 heavy (non-hydrogen) atoms. The van der Waals surface area contributed by atoms with Crippen LogP contribution in [0.2, 0.25) is 5.02 Å². The van der Waals surface area contributed by atoms with Crippen molar-refractivity contribution in [3.05, 3.63) is 33.3 Å². The van der Waals surface area contributed by atoms with E-state index >= 15 is 0 Å². The second kappa shape index (κ2) is 6.42. The molecule has 0 fully saturated rings. The molecule has 0 saturated carbocycles. The topological polar surface area (TPSA) is 64.4 Å². The Bertz CT molecular complexity index is 396. The van der Waals surface area contributed by atoms with Gasteiger partial charge in [0.2, 0.25) is 0 Å². The summed E-state index contributed by atoms with van der Waals surface area (Å²) in [7, 11) is 0. The number of nitro groups is 1. The molecule has 0 amide bonds. The van der Waals surface area contributed by atoms with Crippen molar-refractivity contribution in [1.29, 1.82) is 0 Å². The molecule has 1 aromatic carbocycles. The van der Waals surface area contributed by atoms with E-state index in [-0.39, 0.29) is 10.7 Å². The number of non-ortho nitro benzene ring substituents is 1. The Kier molecular flexibility index (Phi) is 5.18. The lowest BCUT2D eigenvalue weighted by Gasteiger charge is -2.10. The molecular formula is C11H15ClN2O3. The molecule has 0 aliphatic carbocycles. The summed E-state index contributed by atoms with van der Waals surface area (Å²) in [6.07, 6.45) is 0. The maximum absolute atomic E-state index is 10.5. The number of nitrogens with one attached hydrogen (secondary N) is 1. The van der Waals surface area contributed by atoms with Crippen molar-refractivity contribution in [2.24, 2.45) is 0 Å². The van der Waals surface area contributed by atoms with Crippen LogP contribution in [0.4, 0.5) is 5.69 Å². The van der Waals surface area contributed by atoms with E-state index in [1.54, 1.807) is 0 Å². The summed E-state index contributed by atoms with van der Waals surface area (Å²) >= 11 is 5.87. The summed E-state index contributed by atoms with van der Waals surface area (Å²) < 4.78 is 5.40. The monoisotopic (exact) mass is 258 g/mol. The Morgan fingerprint density at radius 1 is 1.53 bits per heavy atom. The van der Waals surface area contributed by atoms with Crippen LogP contribution in [0.5, 0.6) is 5.75 Å². The van der Waals surface area contributed by atoms with Crippen LogP contribution in [-0.2, 0) is 0 Å². The van der Waals surface area contributed by atoms with E-state index in [0.717, 1.165) is 0 Å². The van der Waals surface area contributed by atoms with Gasteiger partial charge in [0, 0.05) is 24.7 Å². The Morgan fingerprint density at radius 2 is 2.24 bits per heavy atom. The number of rotatable bonds is 6. The Balaban J connectivity index is 2.52. The molecule has 0 radical (unpaired) electrons. The zero-order valence-electron chi connectivity index (χ0n) is 9.77. The fourth-order valence-electron chi connectivity index (χ4n) is 1.23. The number of hydrogen-bond donors (Lipinski definition) is 1. The van der Waals surface area contributed by atoms with Gasteiger partial charge in [-0.15, -0.1) is 0 Å². The molecule has 0 atom stereocenters. The molecule has 0 unspecified atom stereocenters. The second-order valence-corrected chi connectivity index (χ2v) is 4.24. The third kappa shape index (κ3) is 4.58. The third-order valence-electron chi connectivity index (χ3n) is 2.04. The van der Waals surface area contributed by atoms with Crippen LogP contribution in [0.15, 0.2) is 18.2 Å². The Labute approximate surface area is 105 Å². The van der Waals surface area contributed by atoms with E-state index < -0.39 is 4.92 Å². The van der Waals surface area contributed by atoms with Crippen LogP contribution >= 0.6 is 11.6 Å². The number of hydrogen-bond acceptors (Lipinski definition) is 4. The normalized spacial score (nSPS) is 10.6. The van der Waals surface area contributed by atoms with E-state index in [1.165, 1.54) is 18.2 Å². The van der Waals surface area contributed by atoms with Crippen LogP contribution in [0.1, 0.15) is 13.8 Å². The molecule has 0 heterocycles. The van der Waals surface area contributed by atoms with Gasteiger partial charge in [0.15, 0.2) is 0 Å². The minimum absolute atomic E-state index is 0.0392. The third-order valence-corrected chi connectivity index (χ3v) is 2.33. The maximum atomic E-state index is 10.5. The quantitative estimate of drug-likeness (QED) is 0.484. The predicted molar refractivity (Wildman–Crippen MR) is 66.7 cm³/mol. The molecule has 0 saturated heterocycles. The van der Waals surface area contributed by atoms with Gasteiger partial charge in [-0.25, -0.2) is 0 Å². The minimum atomic E-state index is -0.490.